The fourth-order valence-electron chi connectivity index (χ4n) is 1.62. The Morgan fingerprint density at radius 1 is 1.45 bits per heavy atom. The highest BCUT2D eigenvalue weighted by atomic mass is 19.1. The van der Waals surface area contributed by atoms with Crippen LogP contribution in [0.5, 0.6) is 5.75 Å². The first-order valence-electron chi connectivity index (χ1n) is 6.18. The Morgan fingerprint density at radius 3 is 2.60 bits per heavy atom. The van der Waals surface area contributed by atoms with Crippen LogP contribution in [0.3, 0.4) is 0 Å². The van der Waals surface area contributed by atoms with Gasteiger partial charge in [-0.05, 0) is 26.3 Å². The van der Waals surface area contributed by atoms with Gasteiger partial charge in [-0.3, -0.25) is 10.1 Å². The minimum absolute atomic E-state index is 0.195. The molecule has 0 aliphatic rings. The maximum absolute atomic E-state index is 13.8. The number of benzene rings is 1. The van der Waals surface area contributed by atoms with Crippen LogP contribution in [0.2, 0.25) is 0 Å². The number of carbonyl (C=O) groups excluding carboxylic acids is 1. The SMILES string of the molecule is CCOC(=O)C(CC)Oc1cc(C)c([N+](=O)[O-])cc1F. The van der Waals surface area contributed by atoms with E-state index < -0.39 is 22.8 Å². The summed E-state index contributed by atoms with van der Waals surface area (Å²) in [6.07, 6.45) is -0.640. The Hall–Kier alpha value is -2.18. The highest BCUT2D eigenvalue weighted by Gasteiger charge is 2.23. The summed E-state index contributed by atoms with van der Waals surface area (Å²) >= 11 is 0. The van der Waals surface area contributed by atoms with E-state index in [0.717, 1.165) is 6.07 Å². The van der Waals surface area contributed by atoms with Crippen molar-refractivity contribution in [1.29, 1.82) is 0 Å². The Balaban J connectivity index is 3.00. The fraction of sp³-hybridized carbons (Fsp3) is 0.462. The van der Waals surface area contributed by atoms with Gasteiger partial charge in [0.2, 0.25) is 0 Å². The lowest BCUT2D eigenvalue weighted by Crippen LogP contribution is -2.29. The van der Waals surface area contributed by atoms with Gasteiger partial charge in [0.25, 0.3) is 5.69 Å². The molecule has 0 N–H and O–H groups in total. The maximum Gasteiger partial charge on any atom is 0.347 e. The third-order valence-corrected chi connectivity index (χ3v) is 2.64. The van der Waals surface area contributed by atoms with Crippen molar-refractivity contribution >= 4 is 11.7 Å². The molecule has 0 heterocycles. The predicted molar refractivity (Wildman–Crippen MR) is 69.1 cm³/mol. The zero-order valence-electron chi connectivity index (χ0n) is 11.5. The highest BCUT2D eigenvalue weighted by Crippen LogP contribution is 2.28. The van der Waals surface area contributed by atoms with Crippen molar-refractivity contribution in [2.24, 2.45) is 0 Å². The van der Waals surface area contributed by atoms with Crippen LogP contribution in [0.4, 0.5) is 10.1 Å². The van der Waals surface area contributed by atoms with E-state index in [2.05, 4.69) is 0 Å². The summed E-state index contributed by atoms with van der Waals surface area (Å²) in [7, 11) is 0. The number of rotatable bonds is 6. The fourth-order valence-corrected chi connectivity index (χ4v) is 1.62. The van der Waals surface area contributed by atoms with Crippen LogP contribution in [-0.4, -0.2) is 23.6 Å². The van der Waals surface area contributed by atoms with Gasteiger partial charge in [-0.1, -0.05) is 6.92 Å². The molecule has 0 aliphatic carbocycles. The van der Waals surface area contributed by atoms with Crippen molar-refractivity contribution in [3.63, 3.8) is 0 Å². The van der Waals surface area contributed by atoms with E-state index in [1.165, 1.54) is 13.0 Å². The number of nitro groups is 1. The molecule has 110 valence electrons. The van der Waals surface area contributed by atoms with Gasteiger partial charge in [-0.25, -0.2) is 9.18 Å². The number of nitro benzene ring substituents is 1. The van der Waals surface area contributed by atoms with Gasteiger partial charge in [0.15, 0.2) is 17.7 Å². The zero-order valence-corrected chi connectivity index (χ0v) is 11.5. The Labute approximate surface area is 115 Å². The molecule has 0 spiro atoms. The average Bonchev–Trinajstić information content (AvgIpc) is 2.39. The number of ether oxygens (including phenoxy) is 2. The van der Waals surface area contributed by atoms with Gasteiger partial charge in [0, 0.05) is 5.56 Å². The molecule has 1 aromatic carbocycles. The summed E-state index contributed by atoms with van der Waals surface area (Å²) in [5, 5.41) is 10.7. The molecule has 0 radical (unpaired) electrons. The molecular weight excluding hydrogens is 269 g/mol. The van der Waals surface area contributed by atoms with Gasteiger partial charge in [0.05, 0.1) is 17.6 Å². The summed E-state index contributed by atoms with van der Waals surface area (Å²) in [4.78, 5) is 21.6. The first-order chi connectivity index (χ1) is 9.40. The van der Waals surface area contributed by atoms with Crippen molar-refractivity contribution in [1.82, 2.24) is 0 Å². The second kappa shape index (κ2) is 6.83. The van der Waals surface area contributed by atoms with Crippen LogP contribution in [-0.2, 0) is 9.53 Å². The first-order valence-corrected chi connectivity index (χ1v) is 6.18. The number of hydrogen-bond acceptors (Lipinski definition) is 5. The molecule has 20 heavy (non-hydrogen) atoms. The molecule has 0 saturated carbocycles. The molecule has 1 aromatic rings. The van der Waals surface area contributed by atoms with E-state index in [9.17, 15) is 19.3 Å². The molecular formula is C13H16FNO5. The van der Waals surface area contributed by atoms with Crippen LogP contribution in [0.15, 0.2) is 12.1 Å². The molecule has 0 amide bonds. The van der Waals surface area contributed by atoms with Gasteiger partial charge in [-0.2, -0.15) is 0 Å². The van der Waals surface area contributed by atoms with Crippen molar-refractivity contribution in [2.45, 2.75) is 33.3 Å². The molecule has 6 nitrogen and oxygen atoms in total. The molecule has 1 rings (SSSR count). The van der Waals surface area contributed by atoms with Crippen molar-refractivity contribution in [3.8, 4) is 5.75 Å². The van der Waals surface area contributed by atoms with Gasteiger partial charge < -0.3 is 9.47 Å². The van der Waals surface area contributed by atoms with Gasteiger partial charge in [0.1, 0.15) is 0 Å². The van der Waals surface area contributed by atoms with Gasteiger partial charge >= 0.3 is 5.97 Å². The van der Waals surface area contributed by atoms with Crippen LogP contribution < -0.4 is 4.74 Å². The number of halogens is 1. The van der Waals surface area contributed by atoms with E-state index in [1.807, 2.05) is 0 Å². The van der Waals surface area contributed by atoms with Crippen LogP contribution >= 0.6 is 0 Å². The molecule has 1 atom stereocenters. The molecule has 0 fully saturated rings. The normalized spacial score (nSPS) is 11.8. The second-order valence-electron chi connectivity index (χ2n) is 4.09. The van der Waals surface area contributed by atoms with E-state index in [4.69, 9.17) is 9.47 Å². The Bertz CT molecular complexity index is 518. The zero-order chi connectivity index (χ0) is 15.3. The topological polar surface area (TPSA) is 78.7 Å². The second-order valence-corrected chi connectivity index (χ2v) is 4.09. The summed E-state index contributed by atoms with van der Waals surface area (Å²) in [5.41, 5.74) is -0.0795. The van der Waals surface area contributed by atoms with Crippen molar-refractivity contribution in [3.05, 3.63) is 33.6 Å². The molecule has 0 aromatic heterocycles. The highest BCUT2D eigenvalue weighted by molar-refractivity contribution is 5.75. The van der Waals surface area contributed by atoms with Crippen molar-refractivity contribution in [2.75, 3.05) is 6.61 Å². The summed E-state index contributed by atoms with van der Waals surface area (Å²) in [6, 6.07) is 1.98. The number of aryl methyl sites for hydroxylation is 1. The lowest BCUT2D eigenvalue weighted by molar-refractivity contribution is -0.385. The third kappa shape index (κ3) is 3.66. The molecule has 1 unspecified atom stereocenters. The monoisotopic (exact) mass is 285 g/mol. The van der Waals surface area contributed by atoms with Crippen LogP contribution in [0.1, 0.15) is 25.8 Å². The van der Waals surface area contributed by atoms with Crippen LogP contribution in [0.25, 0.3) is 0 Å². The third-order valence-electron chi connectivity index (χ3n) is 2.64. The van der Waals surface area contributed by atoms with Gasteiger partial charge in [-0.15, -0.1) is 0 Å². The Kier molecular flexibility index (Phi) is 5.42. The minimum atomic E-state index is -0.940. The maximum atomic E-state index is 13.8. The lowest BCUT2D eigenvalue weighted by Gasteiger charge is -2.16. The number of nitrogens with zero attached hydrogens (tertiary/aromatic N) is 1. The molecule has 0 bridgehead atoms. The van der Waals surface area contributed by atoms with E-state index >= 15 is 0 Å². The number of hydrogen-bond donors (Lipinski definition) is 0. The summed E-state index contributed by atoms with van der Waals surface area (Å²) in [6.45, 7) is 5.01. The largest absolute Gasteiger partial charge is 0.476 e. The lowest BCUT2D eigenvalue weighted by atomic mass is 10.2. The smallest absolute Gasteiger partial charge is 0.347 e. The summed E-state index contributed by atoms with van der Waals surface area (Å²) in [5.74, 6) is -1.68. The standard InChI is InChI=1S/C13H16FNO5/c1-4-11(13(16)19-5-2)20-12-6-8(3)10(15(17)18)7-9(12)14/h6-7,11H,4-5H2,1-3H3. The van der Waals surface area contributed by atoms with E-state index in [-0.39, 0.29) is 23.6 Å². The van der Waals surface area contributed by atoms with E-state index in [0.29, 0.717) is 6.42 Å². The molecule has 7 heteroatoms. The Morgan fingerprint density at radius 2 is 2.10 bits per heavy atom. The van der Waals surface area contributed by atoms with E-state index in [1.54, 1.807) is 13.8 Å². The molecule has 0 aliphatic heterocycles. The quantitative estimate of drug-likeness (QED) is 0.456. The summed E-state index contributed by atoms with van der Waals surface area (Å²) < 4.78 is 23.8. The van der Waals surface area contributed by atoms with Crippen molar-refractivity contribution < 1.29 is 23.6 Å². The van der Waals surface area contributed by atoms with Crippen LogP contribution in [0, 0.1) is 22.9 Å². The minimum Gasteiger partial charge on any atom is -0.476 e. The number of esters is 1. The predicted octanol–water partition coefficient (Wildman–Crippen LogP) is 2.76. The average molecular weight is 285 g/mol. The first kappa shape index (κ1) is 15.9. The number of carbonyl (C=O) groups is 1. The molecule has 0 saturated heterocycles.